The highest BCUT2D eigenvalue weighted by molar-refractivity contribution is 5.32. The monoisotopic (exact) mass is 239 g/mol. The fourth-order valence-corrected chi connectivity index (χ4v) is 1.87. The maximum Gasteiger partial charge on any atom is 0.174 e. The van der Waals surface area contributed by atoms with Gasteiger partial charge in [-0.25, -0.2) is 4.98 Å². The molecule has 1 aromatic heterocycles. The van der Waals surface area contributed by atoms with E-state index in [1.165, 1.54) is 11.1 Å². The van der Waals surface area contributed by atoms with E-state index in [9.17, 15) is 0 Å². The fraction of sp³-hybridized carbons (Fsp3) is 0.267. The molecule has 0 atom stereocenters. The quantitative estimate of drug-likeness (QED) is 0.736. The molecule has 0 spiro atoms. The minimum absolute atomic E-state index is 0.594. The van der Waals surface area contributed by atoms with Crippen molar-refractivity contribution in [2.75, 3.05) is 0 Å². The fourth-order valence-electron chi connectivity index (χ4n) is 1.87. The molecule has 0 fully saturated rings. The van der Waals surface area contributed by atoms with E-state index >= 15 is 0 Å². The van der Waals surface area contributed by atoms with Gasteiger partial charge in [0, 0.05) is 5.69 Å². The number of hydrogen-bond donors (Lipinski definition) is 0. The van der Waals surface area contributed by atoms with Gasteiger partial charge in [0.25, 0.3) is 0 Å². The van der Waals surface area contributed by atoms with Crippen LogP contribution >= 0.6 is 0 Å². The third-order valence-electron chi connectivity index (χ3n) is 2.59. The molecule has 2 rings (SSSR count). The number of aromatic nitrogens is 1. The van der Waals surface area contributed by atoms with Gasteiger partial charge in [0.05, 0.1) is 6.54 Å². The molecule has 0 aliphatic carbocycles. The molecule has 1 heterocycles. The second-order valence-corrected chi connectivity index (χ2v) is 4.53. The van der Waals surface area contributed by atoms with Gasteiger partial charge in [-0.2, -0.15) is 5.11 Å². The highest BCUT2D eigenvalue weighted by Crippen LogP contribution is 2.13. The van der Waals surface area contributed by atoms with Crippen molar-refractivity contribution in [3.05, 3.63) is 58.8 Å². The number of rotatable bonds is 3. The smallest absolute Gasteiger partial charge is 0.174 e. The molecule has 18 heavy (non-hydrogen) atoms. The Morgan fingerprint density at radius 1 is 1.00 bits per heavy atom. The molecule has 0 aliphatic heterocycles. The normalized spacial score (nSPS) is 11.1. The van der Waals surface area contributed by atoms with Crippen molar-refractivity contribution >= 4 is 5.82 Å². The molecule has 3 nitrogen and oxygen atoms in total. The lowest BCUT2D eigenvalue weighted by Crippen LogP contribution is -1.84. The van der Waals surface area contributed by atoms with Crippen molar-refractivity contribution in [2.45, 2.75) is 27.3 Å². The van der Waals surface area contributed by atoms with E-state index < -0.39 is 0 Å². The largest absolute Gasteiger partial charge is 0.232 e. The van der Waals surface area contributed by atoms with Gasteiger partial charge in [-0.3, -0.25) is 0 Å². The average Bonchev–Trinajstić information content (AvgIpc) is 2.27. The Balaban J connectivity index is 2.07. The predicted molar refractivity (Wildman–Crippen MR) is 73.1 cm³/mol. The van der Waals surface area contributed by atoms with Gasteiger partial charge >= 0.3 is 0 Å². The molecule has 92 valence electrons. The maximum absolute atomic E-state index is 4.32. The summed E-state index contributed by atoms with van der Waals surface area (Å²) in [6.07, 6.45) is 0. The summed E-state index contributed by atoms with van der Waals surface area (Å²) in [6.45, 7) is 6.67. The first-order chi connectivity index (χ1) is 8.63. The van der Waals surface area contributed by atoms with Gasteiger partial charge in [0.1, 0.15) is 0 Å². The van der Waals surface area contributed by atoms with E-state index in [0.717, 1.165) is 11.3 Å². The zero-order valence-electron chi connectivity index (χ0n) is 11.0. The summed E-state index contributed by atoms with van der Waals surface area (Å²) in [5.41, 5.74) is 4.54. The maximum atomic E-state index is 4.32. The van der Waals surface area contributed by atoms with Crippen LogP contribution in [0.15, 0.2) is 46.6 Å². The summed E-state index contributed by atoms with van der Waals surface area (Å²) in [5, 5.41) is 8.36. The number of benzene rings is 1. The van der Waals surface area contributed by atoms with Crippen LogP contribution in [-0.2, 0) is 6.54 Å². The summed E-state index contributed by atoms with van der Waals surface area (Å²) in [6, 6.07) is 12.3. The van der Waals surface area contributed by atoms with Crippen LogP contribution in [0.4, 0.5) is 5.82 Å². The number of aryl methyl sites for hydroxylation is 3. The van der Waals surface area contributed by atoms with Gasteiger partial charge in [0.15, 0.2) is 5.82 Å². The van der Waals surface area contributed by atoms with Crippen molar-refractivity contribution in [2.24, 2.45) is 10.2 Å². The second kappa shape index (κ2) is 5.54. The Hall–Kier alpha value is -2.03. The van der Waals surface area contributed by atoms with Crippen LogP contribution in [-0.4, -0.2) is 4.98 Å². The Bertz CT molecular complexity index is 553. The zero-order chi connectivity index (χ0) is 13.0. The standard InChI is InChI=1S/C15H17N3/c1-11-5-4-6-14(8-11)10-16-18-15-9-12(2)7-13(3)17-15/h4-9H,10H2,1-3H3. The van der Waals surface area contributed by atoms with Crippen LogP contribution in [0.2, 0.25) is 0 Å². The Morgan fingerprint density at radius 3 is 2.56 bits per heavy atom. The van der Waals surface area contributed by atoms with Gasteiger partial charge in [-0.1, -0.05) is 29.8 Å². The SMILES string of the molecule is Cc1cccc(CN=Nc2cc(C)cc(C)n2)c1. The second-order valence-electron chi connectivity index (χ2n) is 4.53. The molecule has 0 amide bonds. The number of pyridine rings is 1. The summed E-state index contributed by atoms with van der Waals surface area (Å²) < 4.78 is 0. The molecular weight excluding hydrogens is 222 g/mol. The van der Waals surface area contributed by atoms with E-state index in [1.807, 2.05) is 32.0 Å². The van der Waals surface area contributed by atoms with Gasteiger partial charge < -0.3 is 0 Å². The van der Waals surface area contributed by atoms with E-state index in [-0.39, 0.29) is 0 Å². The predicted octanol–water partition coefficient (Wildman–Crippen LogP) is 4.29. The lowest BCUT2D eigenvalue weighted by Gasteiger charge is -1.99. The third kappa shape index (κ3) is 3.48. The van der Waals surface area contributed by atoms with Crippen LogP contribution in [0.25, 0.3) is 0 Å². The van der Waals surface area contributed by atoms with Crippen LogP contribution in [0, 0.1) is 20.8 Å². The van der Waals surface area contributed by atoms with Crippen molar-refractivity contribution < 1.29 is 0 Å². The van der Waals surface area contributed by atoms with Crippen molar-refractivity contribution in [1.29, 1.82) is 0 Å². The van der Waals surface area contributed by atoms with Crippen LogP contribution in [0.5, 0.6) is 0 Å². The molecule has 2 aromatic rings. The highest BCUT2D eigenvalue weighted by atomic mass is 15.1. The topological polar surface area (TPSA) is 37.6 Å². The van der Waals surface area contributed by atoms with Crippen LogP contribution < -0.4 is 0 Å². The molecule has 1 aromatic carbocycles. The molecule has 0 saturated heterocycles. The van der Waals surface area contributed by atoms with E-state index in [4.69, 9.17) is 0 Å². The highest BCUT2D eigenvalue weighted by Gasteiger charge is 1.96. The van der Waals surface area contributed by atoms with Crippen molar-refractivity contribution in [1.82, 2.24) is 4.98 Å². The van der Waals surface area contributed by atoms with Crippen molar-refractivity contribution in [3.8, 4) is 0 Å². The summed E-state index contributed by atoms with van der Waals surface area (Å²) >= 11 is 0. The Morgan fingerprint density at radius 2 is 1.83 bits per heavy atom. The lowest BCUT2D eigenvalue weighted by atomic mass is 10.1. The molecule has 0 unspecified atom stereocenters. The first kappa shape index (κ1) is 12.4. The van der Waals surface area contributed by atoms with Crippen LogP contribution in [0.1, 0.15) is 22.4 Å². The Labute approximate surface area is 108 Å². The minimum atomic E-state index is 0.594. The number of nitrogens with zero attached hydrogens (tertiary/aromatic N) is 3. The van der Waals surface area contributed by atoms with Crippen LogP contribution in [0.3, 0.4) is 0 Å². The molecule has 0 bridgehead atoms. The lowest BCUT2D eigenvalue weighted by molar-refractivity contribution is 0.939. The molecule has 0 radical (unpaired) electrons. The molecule has 3 heteroatoms. The summed E-state index contributed by atoms with van der Waals surface area (Å²) in [7, 11) is 0. The third-order valence-corrected chi connectivity index (χ3v) is 2.59. The van der Waals surface area contributed by atoms with Gasteiger partial charge in [0.2, 0.25) is 0 Å². The molecular formula is C15H17N3. The number of hydrogen-bond acceptors (Lipinski definition) is 3. The number of azo groups is 1. The van der Waals surface area contributed by atoms with E-state index in [1.54, 1.807) is 0 Å². The summed E-state index contributed by atoms with van der Waals surface area (Å²) in [4.78, 5) is 4.32. The first-order valence-electron chi connectivity index (χ1n) is 6.02. The zero-order valence-corrected chi connectivity index (χ0v) is 11.0. The molecule has 0 aliphatic rings. The first-order valence-corrected chi connectivity index (χ1v) is 6.02. The van der Waals surface area contributed by atoms with Gasteiger partial charge in [-0.15, -0.1) is 5.11 Å². The minimum Gasteiger partial charge on any atom is -0.232 e. The van der Waals surface area contributed by atoms with Crippen molar-refractivity contribution in [3.63, 3.8) is 0 Å². The van der Waals surface area contributed by atoms with E-state index in [0.29, 0.717) is 12.4 Å². The molecule has 0 saturated carbocycles. The average molecular weight is 239 g/mol. The molecule has 0 N–H and O–H groups in total. The van der Waals surface area contributed by atoms with E-state index in [2.05, 4.69) is 40.3 Å². The Kier molecular flexibility index (Phi) is 3.82. The summed E-state index contributed by atoms with van der Waals surface area (Å²) in [5.74, 6) is 0.681. The van der Waals surface area contributed by atoms with Gasteiger partial charge in [-0.05, 0) is 44.0 Å².